The number of nitrogens with one attached hydrogen (secondary N) is 1. The molecule has 72 valence electrons. The average Bonchev–Trinajstić information content (AvgIpc) is 2.21. The van der Waals surface area contributed by atoms with Crippen LogP contribution >= 0.6 is 0 Å². The van der Waals surface area contributed by atoms with Crippen LogP contribution in [0.25, 0.3) is 0 Å². The van der Waals surface area contributed by atoms with Crippen LogP contribution in [0.5, 0.6) is 0 Å². The van der Waals surface area contributed by atoms with Gasteiger partial charge in [-0.05, 0) is 19.8 Å². The van der Waals surface area contributed by atoms with Crippen LogP contribution in [0.2, 0.25) is 0 Å². The first-order valence-electron chi connectivity index (χ1n) is 4.25. The van der Waals surface area contributed by atoms with Crippen molar-refractivity contribution < 1.29 is 19.4 Å². The van der Waals surface area contributed by atoms with Crippen LogP contribution < -0.4 is 5.32 Å². The van der Waals surface area contributed by atoms with Gasteiger partial charge < -0.3 is 15.2 Å². The molecule has 1 spiro atoms. The molecule has 1 saturated heterocycles. The van der Waals surface area contributed by atoms with Gasteiger partial charge in [-0.25, -0.2) is 4.79 Å². The third kappa shape index (κ3) is 1.07. The summed E-state index contributed by atoms with van der Waals surface area (Å²) in [5, 5.41) is 11.4. The van der Waals surface area contributed by atoms with Crippen LogP contribution in [-0.2, 0) is 9.53 Å². The van der Waals surface area contributed by atoms with Gasteiger partial charge in [0.05, 0.1) is 11.5 Å². The molecule has 1 saturated carbocycles. The fourth-order valence-corrected chi connectivity index (χ4v) is 2.04. The van der Waals surface area contributed by atoms with E-state index in [0.717, 1.165) is 0 Å². The van der Waals surface area contributed by atoms with Crippen LogP contribution in [0, 0.1) is 5.92 Å². The van der Waals surface area contributed by atoms with Gasteiger partial charge in [-0.15, -0.1) is 0 Å². The number of alkyl carbamates (subject to hydrolysis) is 1. The van der Waals surface area contributed by atoms with Crippen molar-refractivity contribution >= 4 is 12.1 Å². The smallest absolute Gasteiger partial charge is 0.408 e. The van der Waals surface area contributed by atoms with Crippen molar-refractivity contribution in [3.8, 4) is 0 Å². The van der Waals surface area contributed by atoms with Gasteiger partial charge in [-0.3, -0.25) is 4.79 Å². The van der Waals surface area contributed by atoms with E-state index in [1.165, 1.54) is 0 Å². The summed E-state index contributed by atoms with van der Waals surface area (Å²) < 4.78 is 4.90. The molecule has 0 aromatic carbocycles. The Hall–Kier alpha value is -1.26. The molecule has 0 aromatic rings. The van der Waals surface area contributed by atoms with Crippen LogP contribution in [0.4, 0.5) is 4.79 Å². The van der Waals surface area contributed by atoms with Crippen molar-refractivity contribution in [1.82, 2.24) is 5.32 Å². The number of rotatable bonds is 1. The predicted molar refractivity (Wildman–Crippen MR) is 42.2 cm³/mol. The number of hydrogen-bond acceptors (Lipinski definition) is 3. The number of carbonyl (C=O) groups is 2. The Kier molecular flexibility index (Phi) is 1.52. The summed E-state index contributed by atoms with van der Waals surface area (Å²) >= 11 is 0. The average molecular weight is 185 g/mol. The minimum Gasteiger partial charge on any atom is -0.481 e. The number of cyclic esters (lactones) is 1. The van der Waals surface area contributed by atoms with Crippen molar-refractivity contribution in [2.24, 2.45) is 5.92 Å². The number of amides is 1. The van der Waals surface area contributed by atoms with Gasteiger partial charge in [0.2, 0.25) is 0 Å². The summed E-state index contributed by atoms with van der Waals surface area (Å²) in [7, 11) is 0. The molecule has 1 heterocycles. The van der Waals surface area contributed by atoms with E-state index in [1.807, 2.05) is 0 Å². The van der Waals surface area contributed by atoms with E-state index in [4.69, 9.17) is 9.84 Å². The van der Waals surface area contributed by atoms with E-state index in [-0.39, 0.29) is 12.0 Å². The van der Waals surface area contributed by atoms with Gasteiger partial charge in [-0.1, -0.05) is 0 Å². The van der Waals surface area contributed by atoms with Gasteiger partial charge in [0.1, 0.15) is 6.10 Å². The monoisotopic (exact) mass is 185 g/mol. The lowest BCUT2D eigenvalue weighted by atomic mass is 9.66. The Labute approximate surface area is 75.1 Å². The van der Waals surface area contributed by atoms with Gasteiger partial charge in [0.15, 0.2) is 0 Å². The van der Waals surface area contributed by atoms with E-state index in [2.05, 4.69) is 5.32 Å². The zero-order chi connectivity index (χ0) is 9.64. The molecule has 2 aliphatic rings. The highest BCUT2D eigenvalue weighted by Gasteiger charge is 2.57. The Bertz CT molecular complexity index is 269. The predicted octanol–water partition coefficient (Wildman–Crippen LogP) is 0.348. The summed E-state index contributed by atoms with van der Waals surface area (Å²) in [6.45, 7) is 1.79. The van der Waals surface area contributed by atoms with Gasteiger partial charge in [0, 0.05) is 0 Å². The third-order valence-electron chi connectivity index (χ3n) is 2.98. The van der Waals surface area contributed by atoms with Gasteiger partial charge in [0.25, 0.3) is 0 Å². The van der Waals surface area contributed by atoms with Crippen molar-refractivity contribution in [3.63, 3.8) is 0 Å². The number of hydrogen-bond donors (Lipinski definition) is 2. The highest BCUT2D eigenvalue weighted by atomic mass is 16.6. The lowest BCUT2D eigenvalue weighted by Crippen LogP contribution is -2.59. The molecular formula is C8H11NO4. The lowest BCUT2D eigenvalue weighted by molar-refractivity contribution is -0.148. The van der Waals surface area contributed by atoms with Crippen LogP contribution in [0.3, 0.4) is 0 Å². The molecule has 1 atom stereocenters. The first kappa shape index (κ1) is 8.34. The van der Waals surface area contributed by atoms with Crippen molar-refractivity contribution in [2.75, 3.05) is 0 Å². The van der Waals surface area contributed by atoms with E-state index in [9.17, 15) is 9.59 Å². The summed E-state index contributed by atoms with van der Waals surface area (Å²) in [6.07, 6.45) is 0.316. The molecule has 2 fully saturated rings. The second-order valence-corrected chi connectivity index (χ2v) is 3.77. The molecule has 13 heavy (non-hydrogen) atoms. The molecule has 5 nitrogen and oxygen atoms in total. The normalized spacial score (nSPS) is 42.4. The lowest BCUT2D eigenvalue weighted by Gasteiger charge is -2.43. The molecule has 2 N–H and O–H groups in total. The van der Waals surface area contributed by atoms with Crippen LogP contribution in [-0.4, -0.2) is 28.8 Å². The fraction of sp³-hybridized carbons (Fsp3) is 0.750. The minimum atomic E-state index is -0.793. The van der Waals surface area contributed by atoms with Crippen molar-refractivity contribution in [2.45, 2.75) is 31.4 Å². The SMILES string of the molecule is CC1OC(=O)N[C@]12C[C@@H](C(=O)O)C2. The molecule has 1 aliphatic heterocycles. The van der Waals surface area contributed by atoms with Gasteiger partial charge in [-0.2, -0.15) is 0 Å². The summed E-state index contributed by atoms with van der Waals surface area (Å²) in [4.78, 5) is 21.4. The molecular weight excluding hydrogens is 174 g/mol. The number of ether oxygens (including phenoxy) is 1. The topological polar surface area (TPSA) is 75.6 Å². The molecule has 1 amide bonds. The third-order valence-corrected chi connectivity index (χ3v) is 2.98. The Morgan fingerprint density at radius 1 is 1.69 bits per heavy atom. The van der Waals surface area contributed by atoms with Crippen molar-refractivity contribution in [1.29, 1.82) is 0 Å². The quantitative estimate of drug-likeness (QED) is 0.618. The van der Waals surface area contributed by atoms with E-state index >= 15 is 0 Å². The van der Waals surface area contributed by atoms with Gasteiger partial charge >= 0.3 is 12.1 Å². The number of aliphatic carboxylic acids is 1. The fourth-order valence-electron chi connectivity index (χ4n) is 2.04. The first-order chi connectivity index (χ1) is 6.03. The number of carbonyl (C=O) groups excluding carboxylic acids is 1. The van der Waals surface area contributed by atoms with Crippen LogP contribution in [0.1, 0.15) is 19.8 Å². The Morgan fingerprint density at radius 2 is 2.31 bits per heavy atom. The summed E-state index contributed by atoms with van der Waals surface area (Å²) in [6, 6.07) is 0. The Morgan fingerprint density at radius 3 is 2.69 bits per heavy atom. The Balaban J connectivity index is 2.03. The molecule has 0 radical (unpaired) electrons. The standard InChI is InChI=1S/C8H11NO4/c1-4-8(9-7(12)13-4)2-5(3-8)6(10)11/h4-5H,2-3H2,1H3,(H,9,12)(H,10,11)/t4?,5-,8+. The second kappa shape index (κ2) is 2.37. The van der Waals surface area contributed by atoms with Crippen LogP contribution in [0.15, 0.2) is 0 Å². The summed E-state index contributed by atoms with van der Waals surface area (Å²) in [5.41, 5.74) is -0.403. The highest BCUT2D eigenvalue weighted by Crippen LogP contribution is 2.43. The first-order valence-corrected chi connectivity index (χ1v) is 4.25. The minimum absolute atomic E-state index is 0.212. The molecule has 1 unspecified atom stereocenters. The zero-order valence-corrected chi connectivity index (χ0v) is 7.24. The molecule has 0 aromatic heterocycles. The maximum Gasteiger partial charge on any atom is 0.408 e. The molecule has 2 rings (SSSR count). The molecule has 0 bridgehead atoms. The van der Waals surface area contributed by atoms with E-state index in [0.29, 0.717) is 12.8 Å². The van der Waals surface area contributed by atoms with E-state index < -0.39 is 17.6 Å². The van der Waals surface area contributed by atoms with Crippen molar-refractivity contribution in [3.05, 3.63) is 0 Å². The zero-order valence-electron chi connectivity index (χ0n) is 7.24. The van der Waals surface area contributed by atoms with E-state index in [1.54, 1.807) is 6.92 Å². The maximum absolute atomic E-state index is 10.9. The largest absolute Gasteiger partial charge is 0.481 e. The molecule has 1 aliphatic carbocycles. The highest BCUT2D eigenvalue weighted by molar-refractivity contribution is 5.76. The molecule has 5 heteroatoms. The number of carboxylic acid groups (broad SMARTS) is 1. The number of carboxylic acids is 1. The maximum atomic E-state index is 10.9. The second-order valence-electron chi connectivity index (χ2n) is 3.77. The summed E-state index contributed by atoms with van der Waals surface area (Å²) in [5.74, 6) is -1.12.